The minimum atomic E-state index is -0.535. The molecule has 1 aliphatic carbocycles. The highest BCUT2D eigenvalue weighted by atomic mass is 35.5. The number of hydrogen-bond acceptors (Lipinski definition) is 3. The molecule has 2 atom stereocenters. The van der Waals surface area contributed by atoms with Crippen LogP contribution >= 0.6 is 11.6 Å². The maximum atomic E-state index is 13.1. The summed E-state index contributed by atoms with van der Waals surface area (Å²) in [6, 6.07) is 4.64. The van der Waals surface area contributed by atoms with Gasteiger partial charge in [-0.05, 0) is 43.4 Å². The minimum absolute atomic E-state index is 0.00816. The van der Waals surface area contributed by atoms with Crippen LogP contribution in [0, 0.1) is 11.7 Å². The number of aliphatic hydroxyl groups excluding tert-OH is 1. The van der Waals surface area contributed by atoms with Gasteiger partial charge in [-0.1, -0.05) is 17.7 Å². The van der Waals surface area contributed by atoms with Gasteiger partial charge in [-0.15, -0.1) is 0 Å². The molecule has 1 fully saturated rings. The minimum Gasteiger partial charge on any atom is -0.389 e. The normalized spacial score (nSPS) is 18.0. The summed E-state index contributed by atoms with van der Waals surface area (Å²) in [6.45, 7) is 3.47. The molecule has 0 aliphatic heterocycles. The van der Waals surface area contributed by atoms with Gasteiger partial charge < -0.3 is 15.2 Å². The average Bonchev–Trinajstić information content (AvgIpc) is 3.23. The molecule has 2 unspecified atom stereocenters. The second kappa shape index (κ2) is 7.36. The van der Waals surface area contributed by atoms with Gasteiger partial charge in [-0.3, -0.25) is 0 Å². The molecule has 20 heavy (non-hydrogen) atoms. The van der Waals surface area contributed by atoms with Crippen LogP contribution in [0.15, 0.2) is 18.2 Å². The van der Waals surface area contributed by atoms with E-state index in [1.807, 2.05) is 6.92 Å². The Labute approximate surface area is 124 Å². The third-order valence-corrected chi connectivity index (χ3v) is 3.75. The Morgan fingerprint density at radius 3 is 2.90 bits per heavy atom. The first-order valence-electron chi connectivity index (χ1n) is 7.00. The molecule has 2 rings (SSSR count). The van der Waals surface area contributed by atoms with Crippen molar-refractivity contribution in [2.24, 2.45) is 5.92 Å². The highest BCUT2D eigenvalue weighted by Crippen LogP contribution is 2.28. The molecule has 3 nitrogen and oxygen atoms in total. The quantitative estimate of drug-likeness (QED) is 0.776. The van der Waals surface area contributed by atoms with Crippen molar-refractivity contribution in [2.45, 2.75) is 31.9 Å². The van der Waals surface area contributed by atoms with Crippen LogP contribution in [0.5, 0.6) is 0 Å². The second-order valence-electron chi connectivity index (χ2n) is 5.44. The van der Waals surface area contributed by atoms with E-state index < -0.39 is 11.9 Å². The predicted molar refractivity (Wildman–Crippen MR) is 77.4 cm³/mol. The molecule has 0 radical (unpaired) electrons. The van der Waals surface area contributed by atoms with Gasteiger partial charge in [0.2, 0.25) is 0 Å². The number of hydrogen-bond donors (Lipinski definition) is 2. The van der Waals surface area contributed by atoms with Crippen molar-refractivity contribution in [2.75, 3.05) is 19.8 Å². The van der Waals surface area contributed by atoms with Gasteiger partial charge in [0.1, 0.15) is 5.82 Å². The molecule has 5 heteroatoms. The van der Waals surface area contributed by atoms with Crippen molar-refractivity contribution in [3.8, 4) is 0 Å². The fraction of sp³-hybridized carbons (Fsp3) is 0.600. The van der Waals surface area contributed by atoms with Crippen molar-refractivity contribution >= 4 is 11.6 Å². The van der Waals surface area contributed by atoms with Crippen LogP contribution in [0.4, 0.5) is 4.39 Å². The molecule has 0 spiro atoms. The number of nitrogens with one attached hydrogen (secondary N) is 1. The molecule has 1 saturated carbocycles. The van der Waals surface area contributed by atoms with E-state index in [0.29, 0.717) is 19.1 Å². The van der Waals surface area contributed by atoms with Crippen LogP contribution in [-0.2, 0) is 4.74 Å². The summed E-state index contributed by atoms with van der Waals surface area (Å²) in [4.78, 5) is 0. The topological polar surface area (TPSA) is 41.5 Å². The molecule has 1 aliphatic rings. The van der Waals surface area contributed by atoms with Crippen molar-refractivity contribution in [3.63, 3.8) is 0 Å². The fourth-order valence-electron chi connectivity index (χ4n) is 1.93. The van der Waals surface area contributed by atoms with Crippen LogP contribution in [0.1, 0.15) is 31.4 Å². The zero-order valence-electron chi connectivity index (χ0n) is 11.6. The summed E-state index contributed by atoms with van der Waals surface area (Å²) in [6.07, 6.45) is 1.96. The maximum Gasteiger partial charge on any atom is 0.141 e. The van der Waals surface area contributed by atoms with Crippen molar-refractivity contribution in [3.05, 3.63) is 34.6 Å². The third-order valence-electron chi connectivity index (χ3n) is 3.46. The number of halogens is 2. The van der Waals surface area contributed by atoms with Gasteiger partial charge in [0, 0.05) is 19.2 Å². The first-order chi connectivity index (χ1) is 9.56. The molecular formula is C15H21ClFNO2. The lowest BCUT2D eigenvalue weighted by molar-refractivity contribution is 0.0315. The number of ether oxygens (including phenoxy) is 1. The Kier molecular flexibility index (Phi) is 5.78. The molecular weight excluding hydrogens is 281 g/mol. The van der Waals surface area contributed by atoms with E-state index in [9.17, 15) is 9.50 Å². The van der Waals surface area contributed by atoms with Gasteiger partial charge in [0.15, 0.2) is 0 Å². The summed E-state index contributed by atoms with van der Waals surface area (Å²) in [7, 11) is 0. The number of benzene rings is 1. The third kappa shape index (κ3) is 5.02. The SMILES string of the molecule is CC(NCC(O)COCC1CC1)c1ccc(F)c(Cl)c1. The van der Waals surface area contributed by atoms with E-state index in [4.69, 9.17) is 16.3 Å². The average molecular weight is 302 g/mol. The lowest BCUT2D eigenvalue weighted by atomic mass is 10.1. The highest BCUT2D eigenvalue weighted by Gasteiger charge is 2.21. The fourth-order valence-corrected chi connectivity index (χ4v) is 2.12. The first-order valence-corrected chi connectivity index (χ1v) is 7.38. The summed E-state index contributed by atoms with van der Waals surface area (Å²) < 4.78 is 18.5. The molecule has 1 aromatic carbocycles. The Morgan fingerprint density at radius 1 is 1.50 bits per heavy atom. The van der Waals surface area contributed by atoms with Gasteiger partial charge >= 0.3 is 0 Å². The van der Waals surface area contributed by atoms with Crippen LogP contribution in [0.25, 0.3) is 0 Å². The van der Waals surface area contributed by atoms with E-state index in [1.54, 1.807) is 12.1 Å². The van der Waals surface area contributed by atoms with E-state index in [-0.39, 0.29) is 11.1 Å². The van der Waals surface area contributed by atoms with Crippen LogP contribution < -0.4 is 5.32 Å². The molecule has 0 saturated heterocycles. The monoisotopic (exact) mass is 301 g/mol. The Morgan fingerprint density at radius 2 is 2.25 bits per heavy atom. The van der Waals surface area contributed by atoms with Crippen LogP contribution in [0.3, 0.4) is 0 Å². The molecule has 0 amide bonds. The largest absolute Gasteiger partial charge is 0.389 e. The Balaban J connectivity index is 1.69. The Bertz CT molecular complexity index is 440. The second-order valence-corrected chi connectivity index (χ2v) is 5.85. The smallest absolute Gasteiger partial charge is 0.141 e. The number of aliphatic hydroxyl groups is 1. The first kappa shape index (κ1) is 15.7. The molecule has 0 heterocycles. The summed E-state index contributed by atoms with van der Waals surface area (Å²) >= 11 is 5.75. The van der Waals surface area contributed by atoms with E-state index in [0.717, 1.165) is 12.2 Å². The van der Waals surface area contributed by atoms with Gasteiger partial charge in [-0.25, -0.2) is 4.39 Å². The predicted octanol–water partition coefficient (Wildman–Crippen LogP) is 2.92. The van der Waals surface area contributed by atoms with Gasteiger partial charge in [0.05, 0.1) is 17.7 Å². The van der Waals surface area contributed by atoms with Crippen molar-refractivity contribution < 1.29 is 14.2 Å². The van der Waals surface area contributed by atoms with Crippen molar-refractivity contribution in [1.82, 2.24) is 5.32 Å². The van der Waals surface area contributed by atoms with Gasteiger partial charge in [0.25, 0.3) is 0 Å². The van der Waals surface area contributed by atoms with E-state index in [1.165, 1.54) is 18.9 Å². The lowest BCUT2D eigenvalue weighted by Gasteiger charge is -2.18. The van der Waals surface area contributed by atoms with Crippen LogP contribution in [-0.4, -0.2) is 31.0 Å². The standard InChI is InChI=1S/C15H21ClFNO2/c1-10(12-4-5-15(17)14(16)6-12)18-7-13(19)9-20-8-11-2-3-11/h4-6,10-11,13,18-19H,2-3,7-9H2,1H3. The summed E-state index contributed by atoms with van der Waals surface area (Å²) in [5.41, 5.74) is 0.891. The highest BCUT2D eigenvalue weighted by molar-refractivity contribution is 6.30. The zero-order valence-corrected chi connectivity index (χ0v) is 12.4. The maximum absolute atomic E-state index is 13.1. The molecule has 112 valence electrons. The lowest BCUT2D eigenvalue weighted by Crippen LogP contribution is -2.32. The Hall–Kier alpha value is -0.680. The summed E-state index contributed by atoms with van der Waals surface area (Å²) in [5.74, 6) is 0.284. The molecule has 2 N–H and O–H groups in total. The van der Waals surface area contributed by atoms with E-state index >= 15 is 0 Å². The molecule has 0 bridgehead atoms. The molecule has 0 aromatic heterocycles. The molecule has 1 aromatic rings. The number of rotatable bonds is 8. The van der Waals surface area contributed by atoms with E-state index in [2.05, 4.69) is 5.32 Å². The zero-order chi connectivity index (χ0) is 14.5. The summed E-state index contributed by atoms with van der Waals surface area (Å²) in [5, 5.41) is 13.1. The van der Waals surface area contributed by atoms with Crippen LogP contribution in [0.2, 0.25) is 5.02 Å². The van der Waals surface area contributed by atoms with Gasteiger partial charge in [-0.2, -0.15) is 0 Å². The van der Waals surface area contributed by atoms with Crippen molar-refractivity contribution in [1.29, 1.82) is 0 Å².